The van der Waals surface area contributed by atoms with Crippen molar-refractivity contribution in [3.05, 3.63) is 35.9 Å². The molecule has 0 N–H and O–H groups in total. The van der Waals surface area contributed by atoms with Crippen LogP contribution in [-0.2, 0) is 0 Å². The summed E-state index contributed by atoms with van der Waals surface area (Å²) in [6, 6.07) is 9.87. The van der Waals surface area contributed by atoms with Gasteiger partial charge in [-0.2, -0.15) is 0 Å². The highest BCUT2D eigenvalue weighted by Crippen LogP contribution is 2.06. The van der Waals surface area contributed by atoms with E-state index in [0.29, 0.717) is 5.11 Å². The van der Waals surface area contributed by atoms with Gasteiger partial charge in [-0.05, 0) is 12.2 Å². The standard InChI is InChI=1S/C11H14N2S2/c1-12(2)11(15)13(3)10(14)9-7-5-4-6-8-9/h4-8H,1-3H3. The predicted octanol–water partition coefficient (Wildman–Crippen LogP) is 2.14. The summed E-state index contributed by atoms with van der Waals surface area (Å²) in [6.07, 6.45) is 0. The number of nitrogens with zero attached hydrogens (tertiary/aromatic N) is 2. The molecule has 0 bridgehead atoms. The molecular weight excluding hydrogens is 224 g/mol. The Kier molecular flexibility index (Phi) is 4.17. The Bertz CT molecular complexity index is 360. The Morgan fingerprint density at radius 1 is 1.00 bits per heavy atom. The lowest BCUT2D eigenvalue weighted by molar-refractivity contribution is 0.554. The number of rotatable bonds is 1. The summed E-state index contributed by atoms with van der Waals surface area (Å²) in [7, 11) is 5.70. The first-order valence-electron chi connectivity index (χ1n) is 4.58. The molecule has 0 fully saturated rings. The molecule has 0 aliphatic rings. The van der Waals surface area contributed by atoms with Crippen molar-refractivity contribution in [2.75, 3.05) is 21.1 Å². The monoisotopic (exact) mass is 238 g/mol. The second-order valence-corrected chi connectivity index (χ2v) is 4.16. The Morgan fingerprint density at radius 3 is 2.00 bits per heavy atom. The zero-order valence-corrected chi connectivity index (χ0v) is 10.7. The van der Waals surface area contributed by atoms with Gasteiger partial charge >= 0.3 is 0 Å². The van der Waals surface area contributed by atoms with Crippen molar-refractivity contribution >= 4 is 34.5 Å². The Morgan fingerprint density at radius 2 is 1.53 bits per heavy atom. The summed E-state index contributed by atoms with van der Waals surface area (Å²) in [4.78, 5) is 4.44. The van der Waals surface area contributed by atoms with E-state index >= 15 is 0 Å². The van der Waals surface area contributed by atoms with Gasteiger partial charge in [-0.3, -0.25) is 0 Å². The van der Waals surface area contributed by atoms with E-state index in [9.17, 15) is 0 Å². The smallest absolute Gasteiger partial charge is 0.175 e. The van der Waals surface area contributed by atoms with Crippen molar-refractivity contribution in [3.63, 3.8) is 0 Å². The minimum absolute atomic E-state index is 0.712. The Hall–Kier alpha value is -1.00. The highest BCUT2D eigenvalue weighted by molar-refractivity contribution is 7.82. The summed E-state index contributed by atoms with van der Waals surface area (Å²) >= 11 is 10.6. The molecule has 0 aromatic heterocycles. The fraction of sp³-hybridized carbons (Fsp3) is 0.273. The van der Waals surface area contributed by atoms with E-state index in [0.717, 1.165) is 10.6 Å². The molecule has 0 atom stereocenters. The molecule has 1 aromatic rings. The van der Waals surface area contributed by atoms with Gasteiger partial charge in [0.25, 0.3) is 0 Å². The quantitative estimate of drug-likeness (QED) is 0.691. The maximum absolute atomic E-state index is 5.35. The molecule has 1 rings (SSSR count). The third-order valence-corrected chi connectivity index (χ3v) is 3.14. The van der Waals surface area contributed by atoms with Gasteiger partial charge in [0.1, 0.15) is 4.99 Å². The molecular formula is C11H14N2S2. The summed E-state index contributed by atoms with van der Waals surface area (Å²) in [5.41, 5.74) is 1.01. The van der Waals surface area contributed by atoms with E-state index < -0.39 is 0 Å². The topological polar surface area (TPSA) is 6.48 Å². The fourth-order valence-electron chi connectivity index (χ4n) is 1.16. The van der Waals surface area contributed by atoms with E-state index in [2.05, 4.69) is 0 Å². The molecule has 0 radical (unpaired) electrons. The molecule has 80 valence electrons. The van der Waals surface area contributed by atoms with E-state index in [4.69, 9.17) is 24.4 Å². The molecule has 0 aliphatic carbocycles. The number of thiocarbonyl (C=S) groups is 2. The number of hydrogen-bond donors (Lipinski definition) is 0. The van der Waals surface area contributed by atoms with Crippen molar-refractivity contribution in [3.8, 4) is 0 Å². The lowest BCUT2D eigenvalue weighted by atomic mass is 10.2. The first kappa shape index (κ1) is 12.1. The van der Waals surface area contributed by atoms with Gasteiger partial charge in [-0.1, -0.05) is 42.5 Å². The van der Waals surface area contributed by atoms with Crippen LogP contribution in [0, 0.1) is 0 Å². The van der Waals surface area contributed by atoms with Crippen LogP contribution in [0.2, 0.25) is 0 Å². The predicted molar refractivity (Wildman–Crippen MR) is 72.2 cm³/mol. The van der Waals surface area contributed by atoms with Crippen LogP contribution >= 0.6 is 24.4 Å². The zero-order chi connectivity index (χ0) is 11.4. The molecule has 0 aliphatic heterocycles. The largest absolute Gasteiger partial charge is 0.355 e. The third kappa shape index (κ3) is 2.97. The average Bonchev–Trinajstić information content (AvgIpc) is 2.27. The average molecular weight is 238 g/mol. The van der Waals surface area contributed by atoms with Crippen molar-refractivity contribution in [1.29, 1.82) is 0 Å². The lowest BCUT2D eigenvalue weighted by Gasteiger charge is -2.25. The van der Waals surface area contributed by atoms with Crippen LogP contribution < -0.4 is 0 Å². The summed E-state index contributed by atoms with van der Waals surface area (Å²) < 4.78 is 0. The lowest BCUT2D eigenvalue weighted by Crippen LogP contribution is -2.39. The fourth-order valence-corrected chi connectivity index (χ4v) is 1.53. The van der Waals surface area contributed by atoms with Crippen LogP contribution in [0.1, 0.15) is 5.56 Å². The molecule has 0 amide bonds. The number of benzene rings is 1. The number of hydrogen-bond acceptors (Lipinski definition) is 2. The summed E-state index contributed by atoms with van der Waals surface area (Å²) in [5, 5.41) is 0.712. The van der Waals surface area contributed by atoms with Gasteiger partial charge in [0, 0.05) is 26.7 Å². The highest BCUT2D eigenvalue weighted by Gasteiger charge is 2.12. The zero-order valence-electron chi connectivity index (χ0n) is 9.10. The second kappa shape index (κ2) is 5.19. The minimum atomic E-state index is 0.712. The molecule has 4 heteroatoms. The van der Waals surface area contributed by atoms with Gasteiger partial charge in [0.2, 0.25) is 0 Å². The molecule has 0 spiro atoms. The third-order valence-electron chi connectivity index (χ3n) is 1.99. The van der Waals surface area contributed by atoms with Gasteiger partial charge in [-0.25, -0.2) is 0 Å². The van der Waals surface area contributed by atoms with Gasteiger partial charge in [0.15, 0.2) is 5.11 Å². The van der Waals surface area contributed by atoms with Gasteiger partial charge in [0.05, 0.1) is 0 Å². The molecule has 0 heterocycles. The van der Waals surface area contributed by atoms with Crippen LogP contribution in [-0.4, -0.2) is 41.0 Å². The van der Waals surface area contributed by atoms with Crippen LogP contribution in [0.5, 0.6) is 0 Å². The van der Waals surface area contributed by atoms with E-state index in [1.807, 2.05) is 61.3 Å². The molecule has 0 unspecified atom stereocenters. The van der Waals surface area contributed by atoms with Crippen LogP contribution in [0.4, 0.5) is 0 Å². The second-order valence-electron chi connectivity index (χ2n) is 3.41. The Labute approximate surface area is 101 Å². The van der Waals surface area contributed by atoms with E-state index in [1.165, 1.54) is 0 Å². The summed E-state index contributed by atoms with van der Waals surface area (Å²) in [6.45, 7) is 0. The van der Waals surface area contributed by atoms with Crippen molar-refractivity contribution in [1.82, 2.24) is 9.80 Å². The highest BCUT2D eigenvalue weighted by atomic mass is 32.1. The first-order chi connectivity index (χ1) is 7.04. The molecule has 0 saturated carbocycles. The molecule has 2 nitrogen and oxygen atoms in total. The van der Waals surface area contributed by atoms with Crippen molar-refractivity contribution in [2.24, 2.45) is 0 Å². The molecule has 1 aromatic carbocycles. The maximum atomic E-state index is 5.35. The maximum Gasteiger partial charge on any atom is 0.175 e. The van der Waals surface area contributed by atoms with E-state index in [1.54, 1.807) is 0 Å². The minimum Gasteiger partial charge on any atom is -0.355 e. The van der Waals surface area contributed by atoms with Crippen LogP contribution in [0.25, 0.3) is 0 Å². The van der Waals surface area contributed by atoms with Crippen LogP contribution in [0.3, 0.4) is 0 Å². The van der Waals surface area contributed by atoms with Crippen LogP contribution in [0.15, 0.2) is 30.3 Å². The first-order valence-corrected chi connectivity index (χ1v) is 5.40. The molecule has 0 saturated heterocycles. The normalized spacial score (nSPS) is 9.53. The van der Waals surface area contributed by atoms with Gasteiger partial charge in [-0.15, -0.1) is 0 Å². The van der Waals surface area contributed by atoms with E-state index in [-0.39, 0.29) is 0 Å². The molecule has 15 heavy (non-hydrogen) atoms. The van der Waals surface area contributed by atoms with Crippen molar-refractivity contribution in [2.45, 2.75) is 0 Å². The van der Waals surface area contributed by atoms with Gasteiger partial charge < -0.3 is 9.80 Å². The van der Waals surface area contributed by atoms with Crippen molar-refractivity contribution < 1.29 is 0 Å². The summed E-state index contributed by atoms with van der Waals surface area (Å²) in [5.74, 6) is 0. The SMILES string of the molecule is CN(C)C(=S)N(C)C(=S)c1ccccc1. The Balaban J connectivity index is 2.82.